The van der Waals surface area contributed by atoms with Gasteiger partial charge in [0.2, 0.25) is 0 Å². The van der Waals surface area contributed by atoms with Gasteiger partial charge < -0.3 is 4.90 Å². The lowest BCUT2D eigenvalue weighted by Gasteiger charge is -2.20. The highest BCUT2D eigenvalue weighted by Crippen LogP contribution is 2.34. The molecule has 2 rings (SSSR count). The Balaban J connectivity index is 2.40. The fourth-order valence-corrected chi connectivity index (χ4v) is 2.68. The lowest BCUT2D eigenvalue weighted by atomic mass is 10.2. The van der Waals surface area contributed by atoms with Gasteiger partial charge in [-0.2, -0.15) is 0 Å². The van der Waals surface area contributed by atoms with Gasteiger partial charge in [0, 0.05) is 17.6 Å². The largest absolute Gasteiger partial charge is 0.370 e. The second kappa shape index (κ2) is 4.11. The summed E-state index contributed by atoms with van der Waals surface area (Å²) in [6.45, 7) is 4.32. The van der Waals surface area contributed by atoms with Gasteiger partial charge >= 0.3 is 0 Å². The van der Waals surface area contributed by atoms with Gasteiger partial charge in [-0.15, -0.1) is 0 Å². The van der Waals surface area contributed by atoms with Crippen LogP contribution >= 0.6 is 27.5 Å². The fraction of sp³-hybridized carbons (Fsp3) is 0.455. The van der Waals surface area contributed by atoms with Crippen LogP contribution in [0.3, 0.4) is 0 Å². The minimum atomic E-state index is 0.898. The van der Waals surface area contributed by atoms with E-state index in [1.807, 2.05) is 6.92 Å². The van der Waals surface area contributed by atoms with E-state index in [1.54, 1.807) is 0 Å². The van der Waals surface area contributed by atoms with Crippen LogP contribution in [0.2, 0.25) is 5.02 Å². The highest BCUT2D eigenvalue weighted by atomic mass is 79.9. The Morgan fingerprint density at radius 3 is 2.57 bits per heavy atom. The highest BCUT2D eigenvalue weighted by Gasteiger charge is 2.16. The quantitative estimate of drug-likeness (QED) is 0.748. The summed E-state index contributed by atoms with van der Waals surface area (Å²) in [5.74, 6) is 0. The molecule has 0 aliphatic carbocycles. The maximum absolute atomic E-state index is 6.28. The van der Waals surface area contributed by atoms with E-state index >= 15 is 0 Å². The molecule has 0 N–H and O–H groups in total. The Bertz CT molecular complexity index is 345. The zero-order valence-corrected chi connectivity index (χ0v) is 10.5. The first kappa shape index (κ1) is 10.3. The number of anilines is 1. The summed E-state index contributed by atoms with van der Waals surface area (Å²) in [6, 6.07) is 4.17. The van der Waals surface area contributed by atoms with Crippen molar-refractivity contribution in [1.82, 2.24) is 0 Å². The van der Waals surface area contributed by atoms with Crippen LogP contribution in [-0.4, -0.2) is 13.1 Å². The molecule has 0 aromatic heterocycles. The first-order valence-corrected chi connectivity index (χ1v) is 6.06. The van der Waals surface area contributed by atoms with E-state index in [0.717, 1.165) is 28.1 Å². The molecule has 0 radical (unpaired) electrons. The second-order valence-corrected chi connectivity index (χ2v) is 5.04. The molecule has 0 unspecified atom stereocenters. The van der Waals surface area contributed by atoms with E-state index in [4.69, 9.17) is 11.6 Å². The van der Waals surface area contributed by atoms with Gasteiger partial charge in [-0.25, -0.2) is 0 Å². The van der Waals surface area contributed by atoms with E-state index in [9.17, 15) is 0 Å². The average molecular weight is 275 g/mol. The van der Waals surface area contributed by atoms with Crippen LogP contribution in [0, 0.1) is 6.92 Å². The number of hydrogen-bond acceptors (Lipinski definition) is 1. The Kier molecular flexibility index (Phi) is 3.03. The van der Waals surface area contributed by atoms with Crippen LogP contribution in [-0.2, 0) is 0 Å². The van der Waals surface area contributed by atoms with Crippen LogP contribution < -0.4 is 4.90 Å². The number of benzene rings is 1. The van der Waals surface area contributed by atoms with Gasteiger partial charge in [0.25, 0.3) is 0 Å². The molecule has 0 atom stereocenters. The van der Waals surface area contributed by atoms with Crippen LogP contribution in [0.15, 0.2) is 16.6 Å². The SMILES string of the molecule is Cc1cc(Br)cc(N2CCCC2)c1Cl. The number of nitrogens with zero attached hydrogens (tertiary/aromatic N) is 1. The molecule has 1 aromatic rings. The molecular weight excluding hydrogens is 261 g/mol. The monoisotopic (exact) mass is 273 g/mol. The minimum Gasteiger partial charge on any atom is -0.370 e. The molecular formula is C11H13BrClN. The molecule has 1 aliphatic heterocycles. The molecule has 76 valence electrons. The highest BCUT2D eigenvalue weighted by molar-refractivity contribution is 9.10. The lowest BCUT2D eigenvalue weighted by Crippen LogP contribution is -2.18. The maximum atomic E-state index is 6.28. The van der Waals surface area contributed by atoms with Crippen LogP contribution in [0.1, 0.15) is 18.4 Å². The molecule has 1 aromatic carbocycles. The summed E-state index contributed by atoms with van der Waals surface area (Å²) in [5.41, 5.74) is 2.32. The van der Waals surface area contributed by atoms with E-state index < -0.39 is 0 Å². The van der Waals surface area contributed by atoms with Gasteiger partial charge in [-0.3, -0.25) is 0 Å². The van der Waals surface area contributed by atoms with Crippen molar-refractivity contribution in [1.29, 1.82) is 0 Å². The van der Waals surface area contributed by atoms with Crippen molar-refractivity contribution in [3.05, 3.63) is 27.2 Å². The molecule has 0 amide bonds. The maximum Gasteiger partial charge on any atom is 0.0669 e. The van der Waals surface area contributed by atoms with Gasteiger partial charge in [-0.1, -0.05) is 27.5 Å². The molecule has 14 heavy (non-hydrogen) atoms. The topological polar surface area (TPSA) is 3.24 Å². The summed E-state index contributed by atoms with van der Waals surface area (Å²) in [5, 5.41) is 0.898. The summed E-state index contributed by atoms with van der Waals surface area (Å²) < 4.78 is 1.11. The van der Waals surface area contributed by atoms with Crippen molar-refractivity contribution in [3.63, 3.8) is 0 Å². The first-order chi connectivity index (χ1) is 6.68. The normalized spacial score (nSPS) is 16.4. The number of rotatable bonds is 1. The second-order valence-electron chi connectivity index (χ2n) is 3.75. The summed E-state index contributed by atoms with van der Waals surface area (Å²) in [7, 11) is 0. The first-order valence-electron chi connectivity index (χ1n) is 4.89. The predicted molar refractivity (Wildman–Crippen MR) is 65.3 cm³/mol. The lowest BCUT2D eigenvalue weighted by molar-refractivity contribution is 0.949. The molecule has 1 heterocycles. The Morgan fingerprint density at radius 1 is 1.29 bits per heavy atom. The zero-order chi connectivity index (χ0) is 10.1. The number of halogens is 2. The van der Waals surface area contributed by atoms with Crippen LogP contribution in [0.25, 0.3) is 0 Å². The van der Waals surface area contributed by atoms with Crippen molar-refractivity contribution in [2.24, 2.45) is 0 Å². The molecule has 1 nitrogen and oxygen atoms in total. The molecule has 1 saturated heterocycles. The smallest absolute Gasteiger partial charge is 0.0669 e. The average Bonchev–Trinajstić information content (AvgIpc) is 2.63. The summed E-state index contributed by atoms with van der Waals surface area (Å²) in [6.07, 6.45) is 2.56. The number of hydrogen-bond donors (Lipinski definition) is 0. The summed E-state index contributed by atoms with van der Waals surface area (Å²) >= 11 is 9.79. The van der Waals surface area contributed by atoms with Crippen molar-refractivity contribution in [2.45, 2.75) is 19.8 Å². The van der Waals surface area contributed by atoms with E-state index in [0.29, 0.717) is 0 Å². The molecule has 0 bridgehead atoms. The summed E-state index contributed by atoms with van der Waals surface area (Å²) in [4.78, 5) is 2.36. The Labute approximate surface area is 98.2 Å². The van der Waals surface area contributed by atoms with Crippen molar-refractivity contribution in [3.8, 4) is 0 Å². The van der Waals surface area contributed by atoms with Crippen LogP contribution in [0.5, 0.6) is 0 Å². The zero-order valence-electron chi connectivity index (χ0n) is 8.19. The van der Waals surface area contributed by atoms with E-state index in [1.165, 1.54) is 18.5 Å². The molecule has 0 spiro atoms. The minimum absolute atomic E-state index is 0.898. The number of aryl methyl sites for hydroxylation is 1. The molecule has 1 aliphatic rings. The molecule has 3 heteroatoms. The van der Waals surface area contributed by atoms with Gasteiger partial charge in [0.15, 0.2) is 0 Å². The van der Waals surface area contributed by atoms with Gasteiger partial charge in [0.05, 0.1) is 10.7 Å². The van der Waals surface area contributed by atoms with Crippen LogP contribution in [0.4, 0.5) is 5.69 Å². The molecule has 0 saturated carbocycles. The Hall–Kier alpha value is -0.210. The standard InChI is InChI=1S/C11H13BrClN/c1-8-6-9(12)7-10(11(8)13)14-4-2-3-5-14/h6-7H,2-5H2,1H3. The van der Waals surface area contributed by atoms with E-state index in [2.05, 4.69) is 33.0 Å². The third-order valence-corrected chi connectivity index (χ3v) is 3.60. The Morgan fingerprint density at radius 2 is 1.93 bits per heavy atom. The molecule has 1 fully saturated rings. The predicted octanol–water partition coefficient (Wildman–Crippen LogP) is 4.01. The van der Waals surface area contributed by atoms with Crippen molar-refractivity contribution in [2.75, 3.05) is 18.0 Å². The van der Waals surface area contributed by atoms with Gasteiger partial charge in [-0.05, 0) is 37.5 Å². The van der Waals surface area contributed by atoms with Crippen molar-refractivity contribution < 1.29 is 0 Å². The third kappa shape index (κ3) is 1.91. The van der Waals surface area contributed by atoms with E-state index in [-0.39, 0.29) is 0 Å². The third-order valence-electron chi connectivity index (χ3n) is 2.65. The van der Waals surface area contributed by atoms with Crippen molar-refractivity contribution >= 4 is 33.2 Å². The fourth-order valence-electron chi connectivity index (χ4n) is 1.90. The van der Waals surface area contributed by atoms with Gasteiger partial charge in [0.1, 0.15) is 0 Å².